The van der Waals surface area contributed by atoms with Crippen molar-refractivity contribution in [3.8, 4) is 0 Å². The molecule has 0 spiro atoms. The normalized spacial score (nSPS) is 39.7. The highest BCUT2D eigenvalue weighted by Gasteiger charge is 2.70. The molecule has 35 heavy (non-hydrogen) atoms. The van der Waals surface area contributed by atoms with Gasteiger partial charge in [0.15, 0.2) is 11.4 Å². The van der Waals surface area contributed by atoms with Crippen LogP contribution in [0.4, 0.5) is 0 Å². The summed E-state index contributed by atoms with van der Waals surface area (Å²) in [5.74, 6) is -1.41. The zero-order chi connectivity index (χ0) is 25.6. The van der Waals surface area contributed by atoms with Crippen LogP contribution in [0.15, 0.2) is 23.8 Å². The van der Waals surface area contributed by atoms with E-state index in [4.69, 9.17) is 4.74 Å². The summed E-state index contributed by atoms with van der Waals surface area (Å²) in [6.45, 7) is 2.85. The Hall–Kier alpha value is -2.59. The van der Waals surface area contributed by atoms with E-state index >= 15 is 0 Å². The van der Waals surface area contributed by atoms with Crippen LogP contribution in [-0.2, 0) is 24.0 Å². The fourth-order valence-electron chi connectivity index (χ4n) is 7.63. The molecule has 192 valence electrons. The molecule has 4 aliphatic carbocycles. The molecule has 7 atom stereocenters. The molecule has 4 aliphatic rings. The van der Waals surface area contributed by atoms with Gasteiger partial charge in [-0.2, -0.15) is 0 Å². The number of nitrogens with zero attached hydrogens (tertiary/aromatic N) is 1. The molecular formula is C25H33NO9. The van der Waals surface area contributed by atoms with Crippen LogP contribution >= 0.6 is 0 Å². The number of allylic oxidation sites excluding steroid dienone is 4. The summed E-state index contributed by atoms with van der Waals surface area (Å²) in [6.07, 6.45) is 6.71. The van der Waals surface area contributed by atoms with Crippen LogP contribution in [0.5, 0.6) is 0 Å². The van der Waals surface area contributed by atoms with Gasteiger partial charge in [-0.05, 0) is 50.0 Å². The van der Waals surface area contributed by atoms with Gasteiger partial charge in [0.2, 0.25) is 5.78 Å². The molecule has 0 bridgehead atoms. The van der Waals surface area contributed by atoms with Crippen molar-refractivity contribution < 1.29 is 39.3 Å². The molecule has 0 aliphatic heterocycles. The number of esters is 1. The van der Waals surface area contributed by atoms with E-state index < -0.39 is 46.0 Å². The lowest BCUT2D eigenvalue weighted by Crippen LogP contribution is -2.62. The maximum absolute atomic E-state index is 13.2. The molecule has 0 saturated heterocycles. The topological polar surface area (TPSA) is 153 Å². The summed E-state index contributed by atoms with van der Waals surface area (Å²) in [5, 5.41) is 30.7. The predicted molar refractivity (Wildman–Crippen MR) is 121 cm³/mol. The van der Waals surface area contributed by atoms with Crippen molar-refractivity contribution in [2.24, 2.45) is 28.6 Å². The summed E-state index contributed by atoms with van der Waals surface area (Å²) >= 11 is 0. The molecule has 0 amide bonds. The van der Waals surface area contributed by atoms with Gasteiger partial charge in [-0.25, -0.2) is 0 Å². The first kappa shape index (κ1) is 25.5. The molecule has 0 aromatic rings. The predicted octanol–water partition coefficient (Wildman–Crippen LogP) is 2.10. The van der Waals surface area contributed by atoms with Crippen molar-refractivity contribution in [3.63, 3.8) is 0 Å². The Labute approximate surface area is 203 Å². The van der Waals surface area contributed by atoms with Gasteiger partial charge in [-0.3, -0.25) is 14.4 Å². The second kappa shape index (κ2) is 9.13. The minimum absolute atomic E-state index is 0.0101. The number of carbonyl (C=O) groups is 3. The molecule has 2 fully saturated rings. The van der Waals surface area contributed by atoms with Crippen LogP contribution in [0.3, 0.4) is 0 Å². The van der Waals surface area contributed by atoms with Gasteiger partial charge >= 0.3 is 5.97 Å². The van der Waals surface area contributed by atoms with E-state index in [-0.39, 0.29) is 55.8 Å². The van der Waals surface area contributed by atoms with E-state index in [0.29, 0.717) is 19.3 Å². The Kier molecular flexibility index (Phi) is 6.65. The number of hydrogen-bond donors (Lipinski definition) is 2. The first-order valence-electron chi connectivity index (χ1n) is 12.2. The van der Waals surface area contributed by atoms with Crippen LogP contribution < -0.4 is 0 Å². The first-order chi connectivity index (χ1) is 16.5. The fourth-order valence-corrected chi connectivity index (χ4v) is 7.63. The number of fused-ring (bicyclic) bond motifs is 5. The second-order valence-corrected chi connectivity index (χ2v) is 10.8. The van der Waals surface area contributed by atoms with Crippen LogP contribution in [0.2, 0.25) is 0 Å². The monoisotopic (exact) mass is 491 g/mol. The molecule has 0 heterocycles. The smallest absolute Gasteiger partial charge is 0.306 e. The number of aliphatic hydroxyl groups is 2. The Morgan fingerprint density at radius 1 is 1.31 bits per heavy atom. The Morgan fingerprint density at radius 2 is 2.06 bits per heavy atom. The van der Waals surface area contributed by atoms with Crippen molar-refractivity contribution in [1.82, 2.24) is 0 Å². The highest BCUT2D eigenvalue weighted by molar-refractivity contribution is 5.93. The Bertz CT molecular complexity index is 989. The van der Waals surface area contributed by atoms with Crippen molar-refractivity contribution >= 4 is 17.5 Å². The number of hydrogen-bond acceptors (Lipinski definition) is 9. The summed E-state index contributed by atoms with van der Waals surface area (Å²) in [5.41, 5.74) is -1.91. The van der Waals surface area contributed by atoms with Crippen molar-refractivity contribution in [3.05, 3.63) is 33.9 Å². The van der Waals surface area contributed by atoms with Crippen LogP contribution in [0, 0.1) is 38.7 Å². The third-order valence-corrected chi connectivity index (χ3v) is 9.18. The van der Waals surface area contributed by atoms with E-state index in [0.717, 1.165) is 5.57 Å². The lowest BCUT2D eigenvalue weighted by atomic mass is 9.47. The van der Waals surface area contributed by atoms with Gasteiger partial charge < -0.3 is 19.8 Å². The number of rotatable bonds is 8. The number of ether oxygens (including phenoxy) is 1. The molecule has 2 unspecified atom stereocenters. The molecule has 10 nitrogen and oxygen atoms in total. The largest absolute Gasteiger partial charge is 0.450 e. The number of Topliss-reactive ketones (excluding diaryl/α,β-unsaturated/α-hetero) is 1. The SMILES string of the molecule is C[C@]12C=CC(=O)CC1=CCC1C3CC[C@](OC(=O)CCCO[N+](=O)[O-])(C(=O)CO)[C@@]3(C)C[C@H](O)[C@@H]12. The average molecular weight is 492 g/mol. The van der Waals surface area contributed by atoms with E-state index in [2.05, 4.69) is 17.8 Å². The molecule has 4 rings (SSSR count). The second-order valence-electron chi connectivity index (χ2n) is 10.8. The highest BCUT2D eigenvalue weighted by atomic mass is 16.9. The molecule has 2 saturated carbocycles. The first-order valence-corrected chi connectivity index (χ1v) is 12.2. The minimum Gasteiger partial charge on any atom is -0.450 e. The number of carbonyl (C=O) groups excluding carboxylic acids is 3. The zero-order valence-electron chi connectivity index (χ0n) is 20.1. The third-order valence-electron chi connectivity index (χ3n) is 9.18. The molecule has 10 heteroatoms. The lowest BCUT2D eigenvalue weighted by Gasteiger charge is -2.59. The van der Waals surface area contributed by atoms with Crippen LogP contribution in [0.25, 0.3) is 0 Å². The standard InChI is InChI=1S/C25H33NO9/c1-23-9-7-16(28)12-15(23)5-6-17-18-8-10-25(20(30)14-27,24(18,2)13-19(29)22(17)23)35-21(31)4-3-11-34-26(32)33/h5,7,9,17-19,22,27,29H,3-4,6,8,10-14H2,1-2H3/t17?,18?,19-,22+,23-,24-,25-/m0/s1. The zero-order valence-corrected chi connectivity index (χ0v) is 20.1. The quantitative estimate of drug-likeness (QED) is 0.171. The average Bonchev–Trinajstić information content (AvgIpc) is 3.08. The Morgan fingerprint density at radius 3 is 2.74 bits per heavy atom. The van der Waals surface area contributed by atoms with Crippen LogP contribution in [0.1, 0.15) is 58.8 Å². The van der Waals surface area contributed by atoms with Gasteiger partial charge in [0.05, 0.1) is 12.7 Å². The van der Waals surface area contributed by atoms with Crippen LogP contribution in [-0.4, -0.2) is 57.8 Å². The molecule has 0 aromatic carbocycles. The summed E-state index contributed by atoms with van der Waals surface area (Å²) in [7, 11) is 0. The van der Waals surface area contributed by atoms with Gasteiger partial charge in [0.1, 0.15) is 6.61 Å². The highest BCUT2D eigenvalue weighted by Crippen LogP contribution is 2.67. The fraction of sp³-hybridized carbons (Fsp3) is 0.720. The number of aliphatic hydroxyl groups excluding tert-OH is 2. The van der Waals surface area contributed by atoms with Crippen molar-refractivity contribution in [1.29, 1.82) is 0 Å². The summed E-state index contributed by atoms with van der Waals surface area (Å²) in [6, 6.07) is 0. The summed E-state index contributed by atoms with van der Waals surface area (Å²) < 4.78 is 5.85. The minimum atomic E-state index is -1.58. The van der Waals surface area contributed by atoms with E-state index in [1.807, 2.05) is 13.0 Å². The summed E-state index contributed by atoms with van der Waals surface area (Å²) in [4.78, 5) is 52.5. The maximum Gasteiger partial charge on any atom is 0.306 e. The molecule has 2 N–H and O–H groups in total. The van der Waals surface area contributed by atoms with Crippen molar-refractivity contribution in [2.75, 3.05) is 13.2 Å². The van der Waals surface area contributed by atoms with Gasteiger partial charge in [-0.1, -0.05) is 31.6 Å². The lowest BCUT2D eigenvalue weighted by molar-refractivity contribution is -0.757. The van der Waals surface area contributed by atoms with E-state index in [9.17, 15) is 34.7 Å². The van der Waals surface area contributed by atoms with E-state index in [1.54, 1.807) is 6.08 Å². The Balaban J connectivity index is 1.62. The van der Waals surface area contributed by atoms with Gasteiger partial charge in [0.25, 0.3) is 5.09 Å². The van der Waals surface area contributed by atoms with Crippen molar-refractivity contribution in [2.45, 2.75) is 70.5 Å². The van der Waals surface area contributed by atoms with Gasteiger partial charge in [-0.15, -0.1) is 10.1 Å². The van der Waals surface area contributed by atoms with E-state index in [1.165, 1.54) is 0 Å². The molecule has 0 radical (unpaired) electrons. The van der Waals surface area contributed by atoms with Gasteiger partial charge in [0, 0.05) is 29.6 Å². The third kappa shape index (κ3) is 4.00. The molecular weight excluding hydrogens is 458 g/mol. The molecule has 0 aromatic heterocycles. The number of ketones is 2. The maximum atomic E-state index is 13.2.